The fraction of sp³-hybridized carbons (Fsp3) is 0.346. The third kappa shape index (κ3) is 5.31. The van der Waals surface area contributed by atoms with Gasteiger partial charge in [-0.15, -0.1) is 0 Å². The Balaban J connectivity index is 1.44. The van der Waals surface area contributed by atoms with Crippen molar-refractivity contribution in [2.75, 3.05) is 25.6 Å². The minimum Gasteiger partial charge on any atom is -0.479 e. The van der Waals surface area contributed by atoms with Gasteiger partial charge in [-0.05, 0) is 31.5 Å². The molecule has 0 radical (unpaired) electrons. The van der Waals surface area contributed by atoms with E-state index >= 15 is 4.39 Å². The summed E-state index contributed by atoms with van der Waals surface area (Å²) < 4.78 is 76.9. The van der Waals surface area contributed by atoms with E-state index in [-0.39, 0.29) is 38.7 Å². The van der Waals surface area contributed by atoms with Crippen molar-refractivity contribution in [3.05, 3.63) is 53.9 Å². The van der Waals surface area contributed by atoms with Gasteiger partial charge in [0.2, 0.25) is 0 Å². The molecule has 0 bridgehead atoms. The molecule has 5 rings (SSSR count). The molecule has 0 saturated heterocycles. The van der Waals surface area contributed by atoms with Crippen LogP contribution >= 0.6 is 11.8 Å². The maximum atomic E-state index is 15.2. The molecule has 3 heterocycles. The number of thioether (sulfide) groups is 1. The van der Waals surface area contributed by atoms with Gasteiger partial charge in [0.05, 0.1) is 23.1 Å². The number of hydrogen-bond acceptors (Lipinski definition) is 8. The van der Waals surface area contributed by atoms with Crippen LogP contribution in [0.1, 0.15) is 18.9 Å². The summed E-state index contributed by atoms with van der Waals surface area (Å²) in [6, 6.07) is 5.68. The number of ether oxygens (including phenoxy) is 2. The maximum absolute atomic E-state index is 15.2. The standard InChI is InChI=1S/C26H22F5N5O2S/c1-24(19-11-25(19,13-37-2)39-23(32)36-24)17-9-15(10-18(27)20(17)28)35-22-21-14(4-6-33-22)8-16(12-34-21)38-7-3-5-26(29,30)31/h4,6,8-10,12,19H,7,11,13H2,1-2H3,(H2,32,36)(H,33,35)/t19-,24-,25+/m0/s1. The molecule has 0 unspecified atom stereocenters. The lowest BCUT2D eigenvalue weighted by atomic mass is 9.85. The number of halogens is 5. The van der Waals surface area contributed by atoms with Gasteiger partial charge in [-0.2, -0.15) is 13.2 Å². The summed E-state index contributed by atoms with van der Waals surface area (Å²) >= 11 is 1.40. The van der Waals surface area contributed by atoms with E-state index in [1.165, 1.54) is 30.2 Å². The van der Waals surface area contributed by atoms with Gasteiger partial charge < -0.3 is 20.5 Å². The predicted octanol–water partition coefficient (Wildman–Crippen LogP) is 5.28. The Hall–Kier alpha value is -3.63. The lowest BCUT2D eigenvalue weighted by Crippen LogP contribution is -2.37. The molecule has 13 heteroatoms. The van der Waals surface area contributed by atoms with Gasteiger partial charge in [-0.3, -0.25) is 4.99 Å². The number of pyridine rings is 2. The number of methoxy groups -OCH3 is 1. The first-order chi connectivity index (χ1) is 18.4. The van der Waals surface area contributed by atoms with Crippen molar-refractivity contribution in [3.63, 3.8) is 0 Å². The van der Waals surface area contributed by atoms with Crippen LogP contribution in [-0.2, 0) is 10.3 Å². The number of anilines is 2. The zero-order valence-corrected chi connectivity index (χ0v) is 21.5. The van der Waals surface area contributed by atoms with Gasteiger partial charge in [-0.25, -0.2) is 18.7 Å². The molecule has 0 spiro atoms. The number of hydrogen-bond donors (Lipinski definition) is 2. The van der Waals surface area contributed by atoms with E-state index in [2.05, 4.69) is 20.3 Å². The summed E-state index contributed by atoms with van der Waals surface area (Å²) in [7, 11) is 1.58. The van der Waals surface area contributed by atoms with Gasteiger partial charge in [0.25, 0.3) is 0 Å². The molecular weight excluding hydrogens is 541 g/mol. The lowest BCUT2D eigenvalue weighted by molar-refractivity contribution is -0.0698. The van der Waals surface area contributed by atoms with Crippen LogP contribution in [-0.4, -0.2) is 46.4 Å². The van der Waals surface area contributed by atoms with Crippen LogP contribution in [0.25, 0.3) is 10.9 Å². The fourth-order valence-corrected chi connectivity index (χ4v) is 6.41. The van der Waals surface area contributed by atoms with Crippen LogP contribution in [0.15, 0.2) is 41.7 Å². The van der Waals surface area contributed by atoms with Crippen LogP contribution < -0.4 is 15.8 Å². The molecule has 1 saturated carbocycles. The second-order valence-corrected chi connectivity index (χ2v) is 10.8. The van der Waals surface area contributed by atoms with Crippen LogP contribution in [0, 0.1) is 29.4 Å². The molecule has 1 fully saturated rings. The van der Waals surface area contributed by atoms with E-state index in [1.54, 1.807) is 26.2 Å². The fourth-order valence-electron chi connectivity index (χ4n) is 4.96. The molecule has 3 N–H and O–H groups in total. The average molecular weight is 564 g/mol. The van der Waals surface area contributed by atoms with Crippen LogP contribution in [0.4, 0.5) is 33.5 Å². The summed E-state index contributed by atoms with van der Waals surface area (Å²) in [5.74, 6) is 1.28. The topological polar surface area (TPSA) is 94.6 Å². The first-order valence-electron chi connectivity index (χ1n) is 11.7. The SMILES string of the molecule is COC[C@]12C[C@H]1[C@](C)(c1cc(Nc3nccc4cc(OCC#CC(F)(F)F)cnc34)cc(F)c1F)N=C(N)S2. The van der Waals surface area contributed by atoms with Crippen LogP contribution in [0.5, 0.6) is 5.75 Å². The van der Waals surface area contributed by atoms with Crippen molar-refractivity contribution in [2.24, 2.45) is 16.6 Å². The molecule has 1 aromatic carbocycles. The largest absolute Gasteiger partial charge is 0.479 e. The van der Waals surface area contributed by atoms with Crippen LogP contribution in [0.3, 0.4) is 0 Å². The lowest BCUT2D eigenvalue weighted by Gasteiger charge is -2.34. The highest BCUT2D eigenvalue weighted by molar-refractivity contribution is 8.15. The van der Waals surface area contributed by atoms with E-state index in [0.717, 1.165) is 12.0 Å². The summed E-state index contributed by atoms with van der Waals surface area (Å²) in [4.78, 5) is 13.1. The first-order valence-corrected chi connectivity index (χ1v) is 12.5. The second-order valence-electron chi connectivity index (χ2n) is 9.39. The van der Waals surface area contributed by atoms with E-state index in [1.807, 2.05) is 5.92 Å². The Morgan fingerprint density at radius 3 is 2.77 bits per heavy atom. The minimum absolute atomic E-state index is 0.0556. The highest BCUT2D eigenvalue weighted by atomic mass is 32.2. The van der Waals surface area contributed by atoms with E-state index in [0.29, 0.717) is 23.9 Å². The number of benzene rings is 1. The summed E-state index contributed by atoms with van der Waals surface area (Å²) in [5, 5.41) is 3.83. The molecule has 0 amide bonds. The summed E-state index contributed by atoms with van der Waals surface area (Å²) in [6.07, 6.45) is -1.14. The first kappa shape index (κ1) is 27.0. The number of alkyl halides is 3. The number of nitrogens with two attached hydrogens (primary N) is 1. The molecule has 7 nitrogen and oxygen atoms in total. The van der Waals surface area contributed by atoms with Crippen molar-refractivity contribution >= 4 is 39.3 Å². The smallest absolute Gasteiger partial charge is 0.457 e. The Kier molecular flexibility index (Phi) is 6.80. The Bertz CT molecular complexity index is 1540. The molecule has 3 aromatic rings. The minimum atomic E-state index is -4.60. The number of rotatable bonds is 7. The summed E-state index contributed by atoms with van der Waals surface area (Å²) in [5.41, 5.74) is 5.65. The number of amidine groups is 1. The molecular formula is C26H22F5N5O2S. The van der Waals surface area contributed by atoms with Gasteiger partial charge >= 0.3 is 6.18 Å². The number of nitrogens with zero attached hydrogens (tertiary/aromatic N) is 3. The Morgan fingerprint density at radius 2 is 2.03 bits per heavy atom. The highest BCUT2D eigenvalue weighted by Gasteiger charge is 2.66. The average Bonchev–Trinajstić information content (AvgIpc) is 3.58. The van der Waals surface area contributed by atoms with Crippen molar-refractivity contribution < 1.29 is 31.4 Å². The Morgan fingerprint density at radius 1 is 1.23 bits per heavy atom. The van der Waals surface area contributed by atoms with Gasteiger partial charge in [0.1, 0.15) is 17.9 Å². The third-order valence-corrected chi connectivity index (χ3v) is 7.97. The van der Waals surface area contributed by atoms with Gasteiger partial charge in [0.15, 0.2) is 22.6 Å². The normalized spacial score (nSPS) is 23.9. The molecule has 1 aliphatic carbocycles. The predicted molar refractivity (Wildman–Crippen MR) is 138 cm³/mol. The molecule has 2 aliphatic rings. The van der Waals surface area contributed by atoms with Crippen LogP contribution in [0.2, 0.25) is 0 Å². The maximum Gasteiger partial charge on any atom is 0.457 e. The molecule has 2 aromatic heterocycles. The summed E-state index contributed by atoms with van der Waals surface area (Å²) in [6.45, 7) is 1.67. The van der Waals surface area contributed by atoms with E-state index < -0.39 is 30.0 Å². The van der Waals surface area contributed by atoms with E-state index in [4.69, 9.17) is 15.2 Å². The van der Waals surface area contributed by atoms with Crippen molar-refractivity contribution in [1.82, 2.24) is 9.97 Å². The second kappa shape index (κ2) is 9.84. The molecule has 204 valence electrons. The van der Waals surface area contributed by atoms with Crippen molar-refractivity contribution in [3.8, 4) is 17.6 Å². The quantitative estimate of drug-likeness (QED) is 0.299. The number of aliphatic imine (C=N–C) groups is 1. The number of fused-ring (bicyclic) bond motifs is 2. The van der Waals surface area contributed by atoms with Crippen molar-refractivity contribution in [1.29, 1.82) is 0 Å². The van der Waals surface area contributed by atoms with Gasteiger partial charge in [0, 0.05) is 47.8 Å². The number of aromatic nitrogens is 2. The zero-order chi connectivity index (χ0) is 28.0. The molecule has 3 atom stereocenters. The highest BCUT2D eigenvalue weighted by Crippen LogP contribution is 2.66. The molecule has 39 heavy (non-hydrogen) atoms. The van der Waals surface area contributed by atoms with Crippen molar-refractivity contribution in [2.45, 2.75) is 29.8 Å². The zero-order valence-electron chi connectivity index (χ0n) is 20.7. The monoisotopic (exact) mass is 563 g/mol. The molecule has 1 aliphatic heterocycles. The van der Waals surface area contributed by atoms with Gasteiger partial charge in [-0.1, -0.05) is 17.7 Å². The number of nitrogens with one attached hydrogen (secondary N) is 1. The Labute approximate surface area is 224 Å². The third-order valence-electron chi connectivity index (χ3n) is 6.69. The van der Waals surface area contributed by atoms with E-state index in [9.17, 15) is 17.6 Å².